The molecule has 0 aliphatic heterocycles. The van der Waals surface area contributed by atoms with Crippen LogP contribution < -0.4 is 0 Å². The molecule has 110 valence electrons. The fraction of sp³-hybridized carbons (Fsp3) is 0.188. The summed E-state index contributed by atoms with van der Waals surface area (Å²) < 4.78 is 13.7. The van der Waals surface area contributed by atoms with Crippen LogP contribution in [0.3, 0.4) is 0 Å². The number of carboxylic acid groups (broad SMARTS) is 1. The molecule has 2 aromatic rings. The quantitative estimate of drug-likeness (QED) is 0.825. The molecule has 1 unspecified atom stereocenters. The third kappa shape index (κ3) is 4.55. The number of aliphatic carboxylic acids is 1. The van der Waals surface area contributed by atoms with Crippen LogP contribution in [0.15, 0.2) is 46.9 Å². The van der Waals surface area contributed by atoms with Crippen LogP contribution in [0.25, 0.3) is 0 Å². The van der Waals surface area contributed by atoms with Crippen LogP contribution in [0.4, 0.5) is 4.39 Å². The van der Waals surface area contributed by atoms with Crippen molar-refractivity contribution in [1.82, 2.24) is 0 Å². The van der Waals surface area contributed by atoms with Crippen molar-refractivity contribution in [3.63, 3.8) is 0 Å². The van der Waals surface area contributed by atoms with Gasteiger partial charge in [-0.05, 0) is 48.2 Å². The maximum atomic E-state index is 13.1. The first-order valence-corrected chi connectivity index (χ1v) is 7.54. The maximum absolute atomic E-state index is 13.1. The van der Waals surface area contributed by atoms with E-state index in [0.29, 0.717) is 22.3 Å². The predicted octanol–water partition coefficient (Wildman–Crippen LogP) is 4.73. The van der Waals surface area contributed by atoms with Crippen molar-refractivity contribution < 1.29 is 14.3 Å². The largest absolute Gasteiger partial charge is 0.481 e. The first-order chi connectivity index (χ1) is 9.95. The minimum atomic E-state index is -0.874. The summed E-state index contributed by atoms with van der Waals surface area (Å²) in [6.45, 7) is 0. The topological polar surface area (TPSA) is 37.3 Å². The van der Waals surface area contributed by atoms with Gasteiger partial charge in [0.05, 0.1) is 5.92 Å². The summed E-state index contributed by atoms with van der Waals surface area (Å²) in [6, 6.07) is 11.4. The van der Waals surface area contributed by atoms with Crippen LogP contribution in [0.5, 0.6) is 0 Å². The molecule has 5 heteroatoms. The summed E-state index contributed by atoms with van der Waals surface area (Å²) >= 11 is 9.09. The normalized spacial score (nSPS) is 12.1. The van der Waals surface area contributed by atoms with E-state index in [1.807, 2.05) is 12.1 Å². The van der Waals surface area contributed by atoms with Gasteiger partial charge < -0.3 is 5.11 Å². The van der Waals surface area contributed by atoms with E-state index < -0.39 is 11.9 Å². The molecule has 1 atom stereocenters. The van der Waals surface area contributed by atoms with E-state index in [0.717, 1.165) is 11.1 Å². The van der Waals surface area contributed by atoms with Gasteiger partial charge in [-0.25, -0.2) is 4.39 Å². The highest BCUT2D eigenvalue weighted by Gasteiger charge is 2.20. The van der Waals surface area contributed by atoms with Gasteiger partial charge in [-0.1, -0.05) is 45.7 Å². The number of benzene rings is 2. The second-order valence-corrected chi connectivity index (χ2v) is 6.10. The highest BCUT2D eigenvalue weighted by Crippen LogP contribution is 2.23. The van der Waals surface area contributed by atoms with Crippen molar-refractivity contribution in [1.29, 1.82) is 0 Å². The summed E-state index contributed by atoms with van der Waals surface area (Å²) in [5, 5.41) is 10.00. The van der Waals surface area contributed by atoms with Crippen molar-refractivity contribution in [3.8, 4) is 0 Å². The SMILES string of the molecule is O=C(O)C(Cc1ccc(Cl)cc1)Cc1ccc(F)cc1Br. The zero-order valence-corrected chi connectivity index (χ0v) is 13.4. The Hall–Kier alpha value is -1.39. The fourth-order valence-electron chi connectivity index (χ4n) is 2.10. The molecule has 0 aromatic heterocycles. The number of halogens is 3. The lowest BCUT2D eigenvalue weighted by molar-refractivity contribution is -0.141. The maximum Gasteiger partial charge on any atom is 0.307 e. The van der Waals surface area contributed by atoms with Gasteiger partial charge in [0.2, 0.25) is 0 Å². The Balaban J connectivity index is 2.15. The van der Waals surface area contributed by atoms with Gasteiger partial charge in [-0.15, -0.1) is 0 Å². The van der Waals surface area contributed by atoms with Crippen molar-refractivity contribution in [3.05, 3.63) is 68.9 Å². The Kier molecular flexibility index (Phi) is 5.37. The summed E-state index contributed by atoms with van der Waals surface area (Å²) in [5.74, 6) is -1.80. The van der Waals surface area contributed by atoms with E-state index >= 15 is 0 Å². The molecule has 0 spiro atoms. The van der Waals surface area contributed by atoms with Crippen molar-refractivity contribution in [2.75, 3.05) is 0 Å². The van der Waals surface area contributed by atoms with Crippen LogP contribution >= 0.6 is 27.5 Å². The monoisotopic (exact) mass is 370 g/mol. The lowest BCUT2D eigenvalue weighted by atomic mass is 9.92. The summed E-state index contributed by atoms with van der Waals surface area (Å²) in [7, 11) is 0. The van der Waals surface area contributed by atoms with E-state index in [9.17, 15) is 14.3 Å². The first kappa shape index (κ1) is 16.0. The number of carbonyl (C=O) groups is 1. The van der Waals surface area contributed by atoms with E-state index in [2.05, 4.69) is 15.9 Å². The van der Waals surface area contributed by atoms with E-state index in [1.54, 1.807) is 18.2 Å². The van der Waals surface area contributed by atoms with Crippen LogP contribution in [-0.2, 0) is 17.6 Å². The fourth-order valence-corrected chi connectivity index (χ4v) is 2.74. The molecule has 2 rings (SSSR count). The van der Waals surface area contributed by atoms with Crippen LogP contribution in [-0.4, -0.2) is 11.1 Å². The third-order valence-corrected chi connectivity index (χ3v) is 4.22. The molecular formula is C16H13BrClFO2. The minimum absolute atomic E-state index is 0.332. The molecule has 0 saturated carbocycles. The molecule has 0 fully saturated rings. The standard InChI is InChI=1S/C16H13BrClFO2/c17-15-9-14(19)6-3-11(15)8-12(16(20)21)7-10-1-4-13(18)5-2-10/h1-6,9,12H,7-8H2,(H,20,21). The number of hydrogen-bond donors (Lipinski definition) is 1. The Morgan fingerprint density at radius 2 is 1.86 bits per heavy atom. The zero-order valence-electron chi connectivity index (χ0n) is 11.0. The molecule has 21 heavy (non-hydrogen) atoms. The summed E-state index contributed by atoms with van der Waals surface area (Å²) in [5.41, 5.74) is 1.68. The first-order valence-electron chi connectivity index (χ1n) is 6.37. The molecule has 0 radical (unpaired) electrons. The van der Waals surface area contributed by atoms with Gasteiger partial charge in [0.25, 0.3) is 0 Å². The second kappa shape index (κ2) is 7.05. The van der Waals surface area contributed by atoms with Gasteiger partial charge in [-0.3, -0.25) is 4.79 Å². The van der Waals surface area contributed by atoms with E-state index in [1.165, 1.54) is 12.1 Å². The molecule has 0 saturated heterocycles. The molecule has 1 N–H and O–H groups in total. The molecule has 0 aliphatic carbocycles. The van der Waals surface area contributed by atoms with Gasteiger partial charge >= 0.3 is 5.97 Å². The molecule has 2 aromatic carbocycles. The molecule has 0 heterocycles. The Labute approximate surface area is 135 Å². The average molecular weight is 372 g/mol. The summed E-state index contributed by atoms with van der Waals surface area (Å²) in [6.07, 6.45) is 0.731. The van der Waals surface area contributed by atoms with Crippen LogP contribution in [0.1, 0.15) is 11.1 Å². The predicted molar refractivity (Wildman–Crippen MR) is 84.1 cm³/mol. The van der Waals surface area contributed by atoms with Crippen LogP contribution in [0, 0.1) is 11.7 Å². The van der Waals surface area contributed by atoms with Gasteiger partial charge in [0, 0.05) is 9.50 Å². The molecular weight excluding hydrogens is 359 g/mol. The van der Waals surface area contributed by atoms with Crippen molar-refractivity contribution in [2.24, 2.45) is 5.92 Å². The lowest BCUT2D eigenvalue weighted by Crippen LogP contribution is -2.19. The number of rotatable bonds is 5. The minimum Gasteiger partial charge on any atom is -0.481 e. The van der Waals surface area contributed by atoms with E-state index in [4.69, 9.17) is 11.6 Å². The van der Waals surface area contributed by atoms with Gasteiger partial charge in [-0.2, -0.15) is 0 Å². The smallest absolute Gasteiger partial charge is 0.307 e. The number of hydrogen-bond acceptors (Lipinski definition) is 1. The molecule has 0 bridgehead atoms. The third-order valence-electron chi connectivity index (χ3n) is 3.23. The summed E-state index contributed by atoms with van der Waals surface area (Å²) in [4.78, 5) is 11.4. The molecule has 0 amide bonds. The van der Waals surface area contributed by atoms with Crippen molar-refractivity contribution in [2.45, 2.75) is 12.8 Å². The highest BCUT2D eigenvalue weighted by atomic mass is 79.9. The highest BCUT2D eigenvalue weighted by molar-refractivity contribution is 9.10. The second-order valence-electron chi connectivity index (χ2n) is 4.81. The van der Waals surface area contributed by atoms with Gasteiger partial charge in [0.1, 0.15) is 5.82 Å². The number of carboxylic acids is 1. The average Bonchev–Trinajstić information content (AvgIpc) is 2.43. The Morgan fingerprint density at radius 3 is 2.43 bits per heavy atom. The van der Waals surface area contributed by atoms with Crippen LogP contribution in [0.2, 0.25) is 5.02 Å². The molecule has 0 aliphatic rings. The van der Waals surface area contributed by atoms with Crippen molar-refractivity contribution >= 4 is 33.5 Å². The Bertz CT molecular complexity index is 643. The molecule has 2 nitrogen and oxygen atoms in total. The Morgan fingerprint density at radius 1 is 1.19 bits per heavy atom. The lowest BCUT2D eigenvalue weighted by Gasteiger charge is -2.14. The van der Waals surface area contributed by atoms with E-state index in [-0.39, 0.29) is 5.82 Å². The van der Waals surface area contributed by atoms with Gasteiger partial charge in [0.15, 0.2) is 0 Å². The zero-order chi connectivity index (χ0) is 15.4.